The number of carbonyl (C=O) groups excluding carboxylic acids is 1. The van der Waals surface area contributed by atoms with E-state index in [1.54, 1.807) is 13.8 Å². The molecular formula is C14H17ClO5. The zero-order valence-electron chi connectivity index (χ0n) is 11.7. The summed E-state index contributed by atoms with van der Waals surface area (Å²) in [5.74, 6) is -1.78. The molecule has 1 aromatic carbocycles. The lowest BCUT2D eigenvalue weighted by atomic mass is 10.1. The molecule has 0 aliphatic carbocycles. The van der Waals surface area contributed by atoms with E-state index in [1.807, 2.05) is 6.92 Å². The van der Waals surface area contributed by atoms with Crippen molar-refractivity contribution in [1.29, 1.82) is 0 Å². The lowest BCUT2D eigenvalue weighted by Gasteiger charge is -2.32. The van der Waals surface area contributed by atoms with E-state index >= 15 is 0 Å². The molecule has 1 heterocycles. The maximum absolute atomic E-state index is 12.1. The first-order valence-corrected chi connectivity index (χ1v) is 6.84. The number of benzene rings is 1. The van der Waals surface area contributed by atoms with Crippen LogP contribution in [-0.4, -0.2) is 23.5 Å². The molecule has 6 heteroatoms. The van der Waals surface area contributed by atoms with Crippen LogP contribution in [0.3, 0.4) is 0 Å². The van der Waals surface area contributed by atoms with Gasteiger partial charge in [-0.15, -0.1) is 0 Å². The van der Waals surface area contributed by atoms with Crippen LogP contribution in [0.2, 0.25) is 5.02 Å². The highest BCUT2D eigenvalue weighted by Gasteiger charge is 2.39. The van der Waals surface area contributed by atoms with Crippen LogP contribution in [0.25, 0.3) is 0 Å². The number of cyclic esters (lactones) is 1. The van der Waals surface area contributed by atoms with Crippen molar-refractivity contribution in [3.8, 4) is 17.2 Å². The van der Waals surface area contributed by atoms with Crippen LogP contribution in [-0.2, 0) is 4.74 Å². The van der Waals surface area contributed by atoms with Gasteiger partial charge < -0.3 is 19.3 Å². The standard InChI is InChI=1S/C14H17ClO5/c1-4-5-6-18-9-7-8(15)11(16)12-10(9)13(17)20-14(2,3)19-12/h7,16H,4-6H2,1-3H3. The van der Waals surface area contributed by atoms with E-state index in [0.717, 1.165) is 12.8 Å². The number of carbonyl (C=O) groups is 1. The van der Waals surface area contributed by atoms with Crippen LogP contribution in [0.5, 0.6) is 17.2 Å². The van der Waals surface area contributed by atoms with E-state index in [2.05, 4.69) is 0 Å². The quantitative estimate of drug-likeness (QED) is 0.681. The number of esters is 1. The number of fused-ring (bicyclic) bond motifs is 1. The van der Waals surface area contributed by atoms with E-state index in [1.165, 1.54) is 6.07 Å². The zero-order chi connectivity index (χ0) is 14.9. The van der Waals surface area contributed by atoms with E-state index in [4.69, 9.17) is 25.8 Å². The van der Waals surface area contributed by atoms with Crippen molar-refractivity contribution >= 4 is 17.6 Å². The van der Waals surface area contributed by atoms with Crippen molar-refractivity contribution < 1.29 is 24.1 Å². The summed E-state index contributed by atoms with van der Waals surface area (Å²) in [6, 6.07) is 1.40. The maximum atomic E-state index is 12.1. The SMILES string of the molecule is CCCCOc1cc(Cl)c(O)c2c1C(=O)OC(C)(C)O2. The predicted octanol–water partition coefficient (Wildman–Crippen LogP) is 3.51. The maximum Gasteiger partial charge on any atom is 0.349 e. The summed E-state index contributed by atoms with van der Waals surface area (Å²) in [4.78, 5) is 12.1. The number of rotatable bonds is 4. The van der Waals surface area contributed by atoms with Gasteiger partial charge in [0, 0.05) is 19.9 Å². The van der Waals surface area contributed by atoms with Crippen molar-refractivity contribution in [3.63, 3.8) is 0 Å². The molecule has 0 amide bonds. The molecule has 1 aliphatic heterocycles. The fraction of sp³-hybridized carbons (Fsp3) is 0.500. The minimum absolute atomic E-state index is 0.00486. The summed E-state index contributed by atoms with van der Waals surface area (Å²) in [5.41, 5.74) is 0.0716. The number of unbranched alkanes of at least 4 members (excludes halogenated alkanes) is 1. The van der Waals surface area contributed by atoms with E-state index in [0.29, 0.717) is 6.61 Å². The van der Waals surface area contributed by atoms with Gasteiger partial charge in [0.2, 0.25) is 5.79 Å². The molecule has 20 heavy (non-hydrogen) atoms. The molecule has 2 rings (SSSR count). The number of aromatic hydroxyl groups is 1. The summed E-state index contributed by atoms with van der Waals surface area (Å²) in [7, 11) is 0. The minimum atomic E-state index is -1.16. The van der Waals surface area contributed by atoms with E-state index in [9.17, 15) is 9.90 Å². The zero-order valence-corrected chi connectivity index (χ0v) is 12.4. The van der Waals surface area contributed by atoms with Gasteiger partial charge in [-0.2, -0.15) is 0 Å². The van der Waals surface area contributed by atoms with Gasteiger partial charge in [0.15, 0.2) is 11.5 Å². The Hall–Kier alpha value is -1.62. The summed E-state index contributed by atoms with van der Waals surface area (Å²) < 4.78 is 16.2. The number of hydrogen-bond acceptors (Lipinski definition) is 5. The largest absolute Gasteiger partial charge is 0.503 e. The van der Waals surface area contributed by atoms with Gasteiger partial charge in [-0.3, -0.25) is 0 Å². The average molecular weight is 301 g/mol. The van der Waals surface area contributed by atoms with Gasteiger partial charge in [-0.25, -0.2) is 4.79 Å². The Kier molecular flexibility index (Phi) is 3.99. The molecule has 1 aliphatic rings. The van der Waals surface area contributed by atoms with Crippen LogP contribution in [0.1, 0.15) is 44.0 Å². The van der Waals surface area contributed by atoms with Crippen molar-refractivity contribution in [2.75, 3.05) is 6.61 Å². The molecule has 0 spiro atoms. The third kappa shape index (κ3) is 2.77. The monoisotopic (exact) mass is 300 g/mol. The van der Waals surface area contributed by atoms with Crippen molar-refractivity contribution in [3.05, 3.63) is 16.7 Å². The highest BCUT2D eigenvalue weighted by Crippen LogP contribution is 2.47. The second kappa shape index (κ2) is 5.40. The van der Waals surface area contributed by atoms with Gasteiger partial charge in [-0.05, 0) is 6.42 Å². The Morgan fingerprint density at radius 1 is 1.40 bits per heavy atom. The number of phenols is 1. The molecule has 110 valence electrons. The highest BCUT2D eigenvalue weighted by molar-refractivity contribution is 6.32. The fourth-order valence-corrected chi connectivity index (χ4v) is 2.05. The topological polar surface area (TPSA) is 65.0 Å². The first-order chi connectivity index (χ1) is 9.35. The van der Waals surface area contributed by atoms with Crippen LogP contribution < -0.4 is 9.47 Å². The van der Waals surface area contributed by atoms with Gasteiger partial charge in [0.1, 0.15) is 11.3 Å². The van der Waals surface area contributed by atoms with Gasteiger partial charge in [0.05, 0.1) is 11.6 Å². The molecule has 0 unspecified atom stereocenters. The third-order valence-electron chi connectivity index (χ3n) is 2.82. The number of hydrogen-bond donors (Lipinski definition) is 1. The second-order valence-electron chi connectivity index (χ2n) is 5.00. The first kappa shape index (κ1) is 14.8. The van der Waals surface area contributed by atoms with Crippen LogP contribution in [0.4, 0.5) is 0 Å². The molecule has 0 radical (unpaired) electrons. The first-order valence-electron chi connectivity index (χ1n) is 6.46. The number of phenolic OH excluding ortho intramolecular Hbond substituents is 1. The molecule has 0 aromatic heterocycles. The van der Waals surface area contributed by atoms with Crippen molar-refractivity contribution in [2.24, 2.45) is 0 Å². The lowest BCUT2D eigenvalue weighted by molar-refractivity contribution is -0.128. The molecule has 0 bridgehead atoms. The number of halogens is 1. The number of ether oxygens (including phenoxy) is 3. The van der Waals surface area contributed by atoms with Gasteiger partial charge in [-0.1, -0.05) is 24.9 Å². The highest BCUT2D eigenvalue weighted by atomic mass is 35.5. The average Bonchev–Trinajstić information content (AvgIpc) is 2.34. The molecule has 0 saturated heterocycles. The molecule has 0 saturated carbocycles. The van der Waals surface area contributed by atoms with Crippen LogP contribution in [0, 0.1) is 0 Å². The smallest absolute Gasteiger partial charge is 0.349 e. The molecular weight excluding hydrogens is 284 g/mol. The van der Waals surface area contributed by atoms with Gasteiger partial charge in [0.25, 0.3) is 0 Å². The molecule has 0 fully saturated rings. The summed E-state index contributed by atoms with van der Waals surface area (Å²) >= 11 is 5.94. The molecule has 1 N–H and O–H groups in total. The molecule has 1 aromatic rings. The Bertz CT molecular complexity index is 539. The van der Waals surface area contributed by atoms with Crippen LogP contribution in [0.15, 0.2) is 6.07 Å². The lowest BCUT2D eigenvalue weighted by Crippen LogP contribution is -2.39. The second-order valence-corrected chi connectivity index (χ2v) is 5.41. The Balaban J connectivity index is 2.46. The Morgan fingerprint density at radius 2 is 2.10 bits per heavy atom. The third-order valence-corrected chi connectivity index (χ3v) is 3.11. The summed E-state index contributed by atoms with van der Waals surface area (Å²) in [6.07, 6.45) is 1.80. The van der Waals surface area contributed by atoms with Crippen molar-refractivity contribution in [2.45, 2.75) is 39.4 Å². The Morgan fingerprint density at radius 3 is 2.75 bits per heavy atom. The van der Waals surface area contributed by atoms with E-state index in [-0.39, 0.29) is 27.8 Å². The summed E-state index contributed by atoms with van der Waals surface area (Å²) in [6.45, 7) is 5.63. The molecule has 0 atom stereocenters. The van der Waals surface area contributed by atoms with E-state index < -0.39 is 11.8 Å². The van der Waals surface area contributed by atoms with Gasteiger partial charge >= 0.3 is 5.97 Å². The molecule has 5 nitrogen and oxygen atoms in total. The minimum Gasteiger partial charge on any atom is -0.503 e. The van der Waals surface area contributed by atoms with Crippen LogP contribution >= 0.6 is 11.6 Å². The fourth-order valence-electron chi connectivity index (χ4n) is 1.87. The van der Waals surface area contributed by atoms with Crippen molar-refractivity contribution in [1.82, 2.24) is 0 Å². The normalized spacial score (nSPS) is 16.1. The summed E-state index contributed by atoms with van der Waals surface area (Å²) in [5, 5.41) is 10.0. The predicted molar refractivity (Wildman–Crippen MR) is 73.6 cm³/mol. The Labute approximate surface area is 122 Å².